The van der Waals surface area contributed by atoms with Crippen LogP contribution < -0.4 is 21.8 Å². The maximum atomic E-state index is 11.4. The first-order chi connectivity index (χ1) is 9.51. The Balaban J connectivity index is 2.45. The summed E-state index contributed by atoms with van der Waals surface area (Å²) in [6.45, 7) is 1.87. The van der Waals surface area contributed by atoms with Gasteiger partial charge in [0.1, 0.15) is 11.6 Å². The van der Waals surface area contributed by atoms with Crippen LogP contribution >= 0.6 is 11.8 Å². The van der Waals surface area contributed by atoms with E-state index in [-0.39, 0.29) is 17.4 Å². The first kappa shape index (κ1) is 14.4. The summed E-state index contributed by atoms with van der Waals surface area (Å²) in [4.78, 5) is 19.0. The number of H-pyrrole nitrogens is 1. The summed E-state index contributed by atoms with van der Waals surface area (Å²) in [6.07, 6.45) is 0. The molecular formula is C13H16N4O2S. The molecule has 2 rings (SSSR count). The number of benzene rings is 1. The van der Waals surface area contributed by atoms with Gasteiger partial charge in [0.25, 0.3) is 5.56 Å². The molecule has 7 heteroatoms. The van der Waals surface area contributed by atoms with Crippen molar-refractivity contribution in [3.05, 3.63) is 40.2 Å². The molecule has 0 aliphatic carbocycles. The molecule has 2 aromatic rings. The van der Waals surface area contributed by atoms with Crippen molar-refractivity contribution in [2.24, 2.45) is 5.73 Å². The summed E-state index contributed by atoms with van der Waals surface area (Å²) in [5, 5.41) is 0.421. The quantitative estimate of drug-likeness (QED) is 0.738. The standard InChI is InChI=1S/C13H16N4O2S/c1-7(14)12-8(19-2)4-3-5-9(12)20-13-16-10(15)6-11(18)17-13/h3-7H,14H2,1-2H3,(H3,15,16,17,18). The highest BCUT2D eigenvalue weighted by Gasteiger charge is 2.15. The second-order valence-electron chi connectivity index (χ2n) is 4.24. The van der Waals surface area contributed by atoms with Crippen molar-refractivity contribution < 1.29 is 4.74 Å². The largest absolute Gasteiger partial charge is 0.496 e. The summed E-state index contributed by atoms with van der Waals surface area (Å²) in [7, 11) is 1.59. The van der Waals surface area contributed by atoms with E-state index in [0.29, 0.717) is 10.9 Å². The van der Waals surface area contributed by atoms with Gasteiger partial charge in [-0.1, -0.05) is 17.8 Å². The molecule has 0 aliphatic rings. The number of nitrogens with two attached hydrogens (primary N) is 2. The Hall–Kier alpha value is -1.99. The fraction of sp³-hybridized carbons (Fsp3) is 0.231. The minimum atomic E-state index is -0.287. The summed E-state index contributed by atoms with van der Waals surface area (Å²) in [5.41, 5.74) is 12.1. The Kier molecular flexibility index (Phi) is 4.31. The maximum Gasteiger partial charge on any atom is 0.253 e. The number of aromatic nitrogens is 2. The average Bonchev–Trinajstić information content (AvgIpc) is 2.36. The van der Waals surface area contributed by atoms with E-state index < -0.39 is 0 Å². The monoisotopic (exact) mass is 292 g/mol. The van der Waals surface area contributed by atoms with Crippen LogP contribution in [0.25, 0.3) is 0 Å². The zero-order valence-electron chi connectivity index (χ0n) is 11.2. The molecule has 6 nitrogen and oxygen atoms in total. The van der Waals surface area contributed by atoms with E-state index in [0.717, 1.165) is 10.5 Å². The lowest BCUT2D eigenvalue weighted by Crippen LogP contribution is -2.11. The van der Waals surface area contributed by atoms with Gasteiger partial charge in [-0.25, -0.2) is 4.98 Å². The average molecular weight is 292 g/mol. The third-order valence-corrected chi connectivity index (χ3v) is 3.61. The van der Waals surface area contributed by atoms with Gasteiger partial charge in [-0.15, -0.1) is 0 Å². The first-order valence-corrected chi connectivity index (χ1v) is 6.80. The van der Waals surface area contributed by atoms with Crippen molar-refractivity contribution in [2.75, 3.05) is 12.8 Å². The molecule has 0 aliphatic heterocycles. The third-order valence-electron chi connectivity index (χ3n) is 2.65. The molecule has 0 fully saturated rings. The van der Waals surface area contributed by atoms with Gasteiger partial charge >= 0.3 is 0 Å². The van der Waals surface area contributed by atoms with Crippen molar-refractivity contribution in [3.8, 4) is 5.75 Å². The second-order valence-corrected chi connectivity index (χ2v) is 5.27. The van der Waals surface area contributed by atoms with Crippen LogP contribution in [0.3, 0.4) is 0 Å². The van der Waals surface area contributed by atoms with Gasteiger partial charge in [-0.05, 0) is 19.1 Å². The van der Waals surface area contributed by atoms with Crippen molar-refractivity contribution in [1.29, 1.82) is 0 Å². The van der Waals surface area contributed by atoms with Gasteiger partial charge < -0.3 is 21.2 Å². The number of nitrogens with zero attached hydrogens (tertiary/aromatic N) is 1. The number of anilines is 1. The molecular weight excluding hydrogens is 276 g/mol. The highest BCUT2D eigenvalue weighted by Crippen LogP contribution is 2.36. The second kappa shape index (κ2) is 5.98. The van der Waals surface area contributed by atoms with E-state index in [2.05, 4.69) is 9.97 Å². The lowest BCUT2D eigenvalue weighted by molar-refractivity contribution is 0.405. The molecule has 106 valence electrons. The number of nitrogens with one attached hydrogen (secondary N) is 1. The zero-order valence-corrected chi connectivity index (χ0v) is 12.0. The van der Waals surface area contributed by atoms with E-state index in [4.69, 9.17) is 16.2 Å². The van der Waals surface area contributed by atoms with E-state index in [1.54, 1.807) is 7.11 Å². The van der Waals surface area contributed by atoms with Crippen LogP contribution in [-0.4, -0.2) is 17.1 Å². The molecule has 1 aromatic heterocycles. The fourth-order valence-corrected chi connectivity index (χ4v) is 2.90. The normalized spacial score (nSPS) is 12.2. The van der Waals surface area contributed by atoms with Gasteiger partial charge in [0.15, 0.2) is 5.16 Å². The molecule has 1 aromatic carbocycles. The fourth-order valence-electron chi connectivity index (χ4n) is 1.85. The molecule has 0 spiro atoms. The van der Waals surface area contributed by atoms with E-state index >= 15 is 0 Å². The van der Waals surface area contributed by atoms with Crippen LogP contribution in [0.1, 0.15) is 18.5 Å². The van der Waals surface area contributed by atoms with Crippen LogP contribution in [0.5, 0.6) is 5.75 Å². The molecule has 0 radical (unpaired) electrons. The van der Waals surface area contributed by atoms with Crippen LogP contribution in [0.4, 0.5) is 5.82 Å². The summed E-state index contributed by atoms with van der Waals surface area (Å²) in [5.74, 6) is 0.887. The molecule has 0 amide bonds. The SMILES string of the molecule is COc1cccc(Sc2nc(N)cc(=O)[nH]2)c1C(C)N. The predicted octanol–water partition coefficient (Wildman–Crippen LogP) is 1.53. The Morgan fingerprint density at radius 1 is 1.45 bits per heavy atom. The highest BCUT2D eigenvalue weighted by atomic mass is 32.2. The van der Waals surface area contributed by atoms with Gasteiger partial charge in [-0.3, -0.25) is 4.79 Å². The van der Waals surface area contributed by atoms with Crippen molar-refractivity contribution in [3.63, 3.8) is 0 Å². The molecule has 1 heterocycles. The number of hydrogen-bond donors (Lipinski definition) is 3. The van der Waals surface area contributed by atoms with Crippen molar-refractivity contribution in [2.45, 2.75) is 23.0 Å². The van der Waals surface area contributed by atoms with E-state index in [1.807, 2.05) is 25.1 Å². The topological polar surface area (TPSA) is 107 Å². The van der Waals surface area contributed by atoms with Crippen LogP contribution in [0, 0.1) is 0 Å². The third kappa shape index (κ3) is 3.12. The molecule has 20 heavy (non-hydrogen) atoms. The Morgan fingerprint density at radius 2 is 2.20 bits per heavy atom. The first-order valence-electron chi connectivity index (χ1n) is 5.98. The highest BCUT2D eigenvalue weighted by molar-refractivity contribution is 7.99. The summed E-state index contributed by atoms with van der Waals surface area (Å²) in [6, 6.07) is 6.63. The van der Waals surface area contributed by atoms with E-state index in [1.165, 1.54) is 17.8 Å². The molecule has 0 saturated heterocycles. The van der Waals surface area contributed by atoms with E-state index in [9.17, 15) is 4.79 Å². The number of nitrogen functional groups attached to an aromatic ring is 1. The van der Waals surface area contributed by atoms with Crippen LogP contribution in [0.2, 0.25) is 0 Å². The Bertz CT molecular complexity index is 670. The van der Waals surface area contributed by atoms with Crippen LogP contribution in [0.15, 0.2) is 39.1 Å². The van der Waals surface area contributed by atoms with Gasteiger partial charge in [0, 0.05) is 22.6 Å². The number of ether oxygens (including phenoxy) is 1. The van der Waals surface area contributed by atoms with Crippen molar-refractivity contribution in [1.82, 2.24) is 9.97 Å². The van der Waals surface area contributed by atoms with Crippen molar-refractivity contribution >= 4 is 17.6 Å². The number of hydrogen-bond acceptors (Lipinski definition) is 6. The maximum absolute atomic E-state index is 11.4. The van der Waals surface area contributed by atoms with Gasteiger partial charge in [0.05, 0.1) is 7.11 Å². The zero-order chi connectivity index (χ0) is 14.7. The smallest absolute Gasteiger partial charge is 0.253 e. The predicted molar refractivity (Wildman–Crippen MR) is 79.0 cm³/mol. The summed E-state index contributed by atoms with van der Waals surface area (Å²) < 4.78 is 5.32. The molecule has 0 saturated carbocycles. The molecule has 0 bridgehead atoms. The molecule has 5 N–H and O–H groups in total. The lowest BCUT2D eigenvalue weighted by atomic mass is 10.1. The lowest BCUT2D eigenvalue weighted by Gasteiger charge is -2.15. The number of methoxy groups -OCH3 is 1. The number of rotatable bonds is 4. The molecule has 1 unspecified atom stereocenters. The number of aromatic amines is 1. The van der Waals surface area contributed by atoms with Crippen LogP contribution in [-0.2, 0) is 0 Å². The summed E-state index contributed by atoms with van der Waals surface area (Å²) >= 11 is 1.29. The van der Waals surface area contributed by atoms with Gasteiger partial charge in [-0.2, -0.15) is 0 Å². The Morgan fingerprint density at radius 3 is 2.80 bits per heavy atom. The Labute approximate surface area is 120 Å². The minimum Gasteiger partial charge on any atom is -0.496 e. The minimum absolute atomic E-state index is 0.182. The van der Waals surface area contributed by atoms with Gasteiger partial charge in [0.2, 0.25) is 0 Å². The molecule has 1 atom stereocenters.